The molecule has 0 saturated carbocycles. The van der Waals surface area contributed by atoms with Gasteiger partial charge in [-0.1, -0.05) is 11.6 Å². The number of thiazole rings is 1. The topological polar surface area (TPSA) is 93.1 Å². The summed E-state index contributed by atoms with van der Waals surface area (Å²) in [5.74, 6) is -0.160. The van der Waals surface area contributed by atoms with Crippen molar-refractivity contribution in [1.29, 1.82) is 0 Å². The molecule has 2 N–H and O–H groups in total. The number of nitrogens with one attached hydrogen (secondary N) is 2. The number of anilines is 2. The summed E-state index contributed by atoms with van der Waals surface area (Å²) in [6.45, 7) is 2.51. The van der Waals surface area contributed by atoms with Gasteiger partial charge >= 0.3 is 0 Å². The Hall–Kier alpha value is -2.88. The third-order valence-corrected chi connectivity index (χ3v) is 7.14. The maximum absolute atomic E-state index is 12.4. The summed E-state index contributed by atoms with van der Waals surface area (Å²) in [6, 6.07) is 13.7. The highest BCUT2D eigenvalue weighted by Crippen LogP contribution is 2.24. The van der Waals surface area contributed by atoms with Crippen molar-refractivity contribution in [2.75, 3.05) is 10.0 Å². The summed E-state index contributed by atoms with van der Waals surface area (Å²) in [6.07, 6.45) is 1.80. The lowest BCUT2D eigenvalue weighted by atomic mass is 10.2. The molecule has 0 atom stereocenters. The average Bonchev–Trinajstić information content (AvgIpc) is 3.33. The van der Waals surface area contributed by atoms with E-state index in [1.54, 1.807) is 17.5 Å². The number of hydrogen-bond acceptors (Lipinski definition) is 5. The van der Waals surface area contributed by atoms with Gasteiger partial charge in [-0.05, 0) is 55.5 Å². The fourth-order valence-electron chi connectivity index (χ4n) is 3.28. The van der Waals surface area contributed by atoms with Crippen molar-refractivity contribution in [3.63, 3.8) is 0 Å². The van der Waals surface area contributed by atoms with Gasteiger partial charge in [0.2, 0.25) is 5.91 Å². The average molecular weight is 475 g/mol. The summed E-state index contributed by atoms with van der Waals surface area (Å²) in [4.78, 5) is 16.4. The van der Waals surface area contributed by atoms with E-state index in [1.807, 2.05) is 31.2 Å². The van der Waals surface area contributed by atoms with Gasteiger partial charge in [0.25, 0.3) is 10.0 Å². The van der Waals surface area contributed by atoms with Gasteiger partial charge < -0.3 is 9.88 Å². The predicted octanol–water partition coefficient (Wildman–Crippen LogP) is 4.89. The highest BCUT2D eigenvalue weighted by molar-refractivity contribution is 7.93. The number of halogens is 1. The molecule has 0 radical (unpaired) electrons. The first kappa shape index (κ1) is 21.4. The Labute approximate surface area is 188 Å². The van der Waals surface area contributed by atoms with Crippen molar-refractivity contribution in [3.05, 3.63) is 70.8 Å². The van der Waals surface area contributed by atoms with Gasteiger partial charge in [-0.2, -0.15) is 0 Å². The van der Waals surface area contributed by atoms with Crippen LogP contribution in [0.5, 0.6) is 0 Å². The summed E-state index contributed by atoms with van der Waals surface area (Å²) >= 11 is 7.25. The van der Waals surface area contributed by atoms with E-state index in [9.17, 15) is 13.2 Å². The van der Waals surface area contributed by atoms with Gasteiger partial charge in [-0.3, -0.25) is 9.52 Å². The van der Waals surface area contributed by atoms with Gasteiger partial charge in [0, 0.05) is 51.8 Å². The molecule has 160 valence electrons. The van der Waals surface area contributed by atoms with Gasteiger partial charge in [0.15, 0.2) is 5.13 Å². The van der Waals surface area contributed by atoms with E-state index >= 15 is 0 Å². The van der Waals surface area contributed by atoms with Crippen LogP contribution < -0.4 is 10.0 Å². The fourth-order valence-corrected chi connectivity index (χ4v) is 5.25. The number of benzene rings is 2. The Morgan fingerprint density at radius 3 is 2.65 bits per heavy atom. The molecule has 0 saturated heterocycles. The second-order valence-corrected chi connectivity index (χ2v) is 9.92. The van der Waals surface area contributed by atoms with Crippen molar-refractivity contribution < 1.29 is 13.2 Å². The SMILES string of the molecule is Cc1cc2cc(Cl)ccc2n1CCC(=O)Nc1ccc(S(=O)(=O)Nc2nccs2)cc1. The number of amides is 1. The Bertz CT molecular complexity index is 1330. The standard InChI is InChI=1S/C21H19ClN4O3S2/c1-14-12-15-13-16(22)2-7-19(15)26(14)10-8-20(27)24-17-3-5-18(6-4-17)31(28,29)25-21-23-9-11-30-21/h2-7,9,11-13H,8,10H2,1H3,(H,23,25)(H,24,27). The number of fused-ring (bicyclic) bond motifs is 1. The highest BCUT2D eigenvalue weighted by Gasteiger charge is 2.15. The zero-order valence-corrected chi connectivity index (χ0v) is 18.9. The maximum atomic E-state index is 12.4. The molecule has 2 heterocycles. The number of hydrogen-bond donors (Lipinski definition) is 2. The lowest BCUT2D eigenvalue weighted by molar-refractivity contribution is -0.116. The second kappa shape index (κ2) is 8.70. The molecular weight excluding hydrogens is 456 g/mol. The third-order valence-electron chi connectivity index (χ3n) is 4.74. The normalized spacial score (nSPS) is 11.5. The molecule has 0 bridgehead atoms. The van der Waals surface area contributed by atoms with Crippen LogP contribution in [0, 0.1) is 6.92 Å². The van der Waals surface area contributed by atoms with E-state index in [2.05, 4.69) is 19.6 Å². The van der Waals surface area contributed by atoms with Crippen LogP contribution in [0.2, 0.25) is 5.02 Å². The molecule has 0 aliphatic rings. The lowest BCUT2D eigenvalue weighted by Gasteiger charge is -2.10. The molecule has 4 aromatic rings. The van der Waals surface area contributed by atoms with Crippen LogP contribution in [-0.2, 0) is 21.4 Å². The van der Waals surface area contributed by atoms with Crippen LogP contribution in [0.25, 0.3) is 10.9 Å². The first-order valence-corrected chi connectivity index (χ1v) is 12.1. The van der Waals surface area contributed by atoms with E-state index in [0.717, 1.165) is 16.6 Å². The Balaban J connectivity index is 1.39. The van der Waals surface area contributed by atoms with Crippen molar-refractivity contribution in [3.8, 4) is 0 Å². The molecule has 0 spiro atoms. The summed E-state index contributed by atoms with van der Waals surface area (Å²) in [7, 11) is -3.72. The smallest absolute Gasteiger partial charge is 0.263 e. The molecule has 0 aliphatic heterocycles. The second-order valence-electron chi connectivity index (χ2n) is 6.91. The van der Waals surface area contributed by atoms with Crippen LogP contribution in [-0.4, -0.2) is 23.9 Å². The first-order chi connectivity index (χ1) is 14.8. The Morgan fingerprint density at radius 2 is 1.94 bits per heavy atom. The van der Waals surface area contributed by atoms with Gasteiger partial charge in [0.05, 0.1) is 4.90 Å². The minimum atomic E-state index is -3.72. The van der Waals surface area contributed by atoms with Crippen LogP contribution in [0.3, 0.4) is 0 Å². The minimum Gasteiger partial charge on any atom is -0.344 e. The largest absolute Gasteiger partial charge is 0.344 e. The van der Waals surface area contributed by atoms with Crippen molar-refractivity contribution in [2.24, 2.45) is 0 Å². The maximum Gasteiger partial charge on any atom is 0.263 e. The summed E-state index contributed by atoms with van der Waals surface area (Å²) in [5, 5.41) is 6.50. The highest BCUT2D eigenvalue weighted by atomic mass is 35.5. The third kappa shape index (κ3) is 4.90. The molecule has 4 rings (SSSR count). The quantitative estimate of drug-likeness (QED) is 0.399. The first-order valence-electron chi connectivity index (χ1n) is 9.39. The van der Waals surface area contributed by atoms with Gasteiger partial charge in [0.1, 0.15) is 0 Å². The van der Waals surface area contributed by atoms with E-state index in [4.69, 9.17) is 11.6 Å². The number of rotatable bonds is 7. The molecule has 0 fully saturated rings. The minimum absolute atomic E-state index is 0.0915. The molecule has 31 heavy (non-hydrogen) atoms. The molecule has 2 aromatic carbocycles. The zero-order valence-electron chi connectivity index (χ0n) is 16.5. The molecule has 10 heteroatoms. The van der Waals surface area contributed by atoms with Crippen LogP contribution in [0.4, 0.5) is 10.8 Å². The Morgan fingerprint density at radius 1 is 1.16 bits per heavy atom. The number of nitrogens with zero attached hydrogens (tertiary/aromatic N) is 2. The van der Waals surface area contributed by atoms with E-state index < -0.39 is 10.0 Å². The van der Waals surface area contributed by atoms with Crippen molar-refractivity contribution in [1.82, 2.24) is 9.55 Å². The molecule has 0 unspecified atom stereocenters. The van der Waals surface area contributed by atoms with Crippen molar-refractivity contribution in [2.45, 2.75) is 24.8 Å². The fraction of sp³-hybridized carbons (Fsp3) is 0.143. The lowest BCUT2D eigenvalue weighted by Crippen LogP contribution is -2.15. The molecule has 2 aromatic heterocycles. The molecule has 1 amide bonds. The van der Waals surface area contributed by atoms with Crippen LogP contribution >= 0.6 is 22.9 Å². The van der Waals surface area contributed by atoms with Crippen LogP contribution in [0.15, 0.2) is 65.0 Å². The monoisotopic (exact) mass is 474 g/mol. The van der Waals surface area contributed by atoms with E-state index in [1.165, 1.54) is 29.7 Å². The number of carbonyl (C=O) groups is 1. The summed E-state index contributed by atoms with van der Waals surface area (Å²) in [5.41, 5.74) is 2.60. The number of aromatic nitrogens is 2. The summed E-state index contributed by atoms with van der Waals surface area (Å²) < 4.78 is 29.3. The molecule has 0 aliphatic carbocycles. The van der Waals surface area contributed by atoms with Gasteiger partial charge in [-0.25, -0.2) is 13.4 Å². The zero-order chi connectivity index (χ0) is 22.0. The Kier molecular flexibility index (Phi) is 5.99. The van der Waals surface area contributed by atoms with Gasteiger partial charge in [-0.15, -0.1) is 11.3 Å². The van der Waals surface area contributed by atoms with Crippen LogP contribution in [0.1, 0.15) is 12.1 Å². The molecular formula is C21H19ClN4O3S2. The predicted molar refractivity (Wildman–Crippen MR) is 124 cm³/mol. The van der Waals surface area contributed by atoms with Crippen molar-refractivity contribution >= 4 is 60.6 Å². The number of sulfonamides is 1. The number of aryl methyl sites for hydroxylation is 2. The van der Waals surface area contributed by atoms with E-state index in [-0.39, 0.29) is 17.2 Å². The number of carbonyl (C=O) groups excluding carboxylic acids is 1. The molecule has 7 nitrogen and oxygen atoms in total. The van der Waals surface area contributed by atoms with E-state index in [0.29, 0.717) is 22.4 Å².